The molecule has 0 saturated carbocycles. The van der Waals surface area contributed by atoms with E-state index >= 15 is 0 Å². The van der Waals surface area contributed by atoms with Crippen LogP contribution in [0.15, 0.2) is 60.9 Å². The number of anilines is 1. The van der Waals surface area contributed by atoms with Crippen LogP contribution >= 0.6 is 11.3 Å². The van der Waals surface area contributed by atoms with Gasteiger partial charge in [-0.25, -0.2) is 4.98 Å². The molecule has 0 unspecified atom stereocenters. The second-order valence-electron chi connectivity index (χ2n) is 7.13. The largest absolute Gasteiger partial charge is 0.496 e. The van der Waals surface area contributed by atoms with Gasteiger partial charge in [-0.05, 0) is 47.9 Å². The van der Waals surface area contributed by atoms with Gasteiger partial charge >= 0.3 is 0 Å². The predicted octanol–water partition coefficient (Wildman–Crippen LogP) is 4.79. The molecule has 7 heteroatoms. The average Bonchev–Trinajstić information content (AvgIpc) is 3.22. The van der Waals surface area contributed by atoms with Gasteiger partial charge in [0, 0.05) is 12.4 Å². The highest BCUT2D eigenvalue weighted by Gasteiger charge is 2.22. The summed E-state index contributed by atoms with van der Waals surface area (Å²) >= 11 is 1.48. The number of ether oxygens (including phenoxy) is 2. The zero-order chi connectivity index (χ0) is 21.8. The summed E-state index contributed by atoms with van der Waals surface area (Å²) in [5.41, 5.74) is 3.62. The molecule has 1 amide bonds. The Morgan fingerprint density at radius 1 is 1.03 bits per heavy atom. The quantitative estimate of drug-likeness (QED) is 0.419. The van der Waals surface area contributed by atoms with Crippen molar-refractivity contribution < 1.29 is 14.3 Å². The van der Waals surface area contributed by atoms with Crippen LogP contribution < -0.4 is 14.4 Å². The maximum absolute atomic E-state index is 13.4. The zero-order valence-electron chi connectivity index (χ0n) is 17.7. The van der Waals surface area contributed by atoms with Crippen molar-refractivity contribution in [1.82, 2.24) is 9.97 Å². The van der Waals surface area contributed by atoms with Crippen LogP contribution in [0, 0.1) is 6.92 Å². The maximum Gasteiger partial charge on any atom is 0.233 e. The maximum atomic E-state index is 13.4. The van der Waals surface area contributed by atoms with Crippen LogP contribution in [-0.4, -0.2) is 30.1 Å². The first kappa shape index (κ1) is 20.8. The normalized spacial score (nSPS) is 10.8. The minimum Gasteiger partial charge on any atom is -0.496 e. The highest BCUT2D eigenvalue weighted by molar-refractivity contribution is 7.22. The Balaban J connectivity index is 1.69. The van der Waals surface area contributed by atoms with Crippen LogP contribution in [0.5, 0.6) is 11.5 Å². The Kier molecular flexibility index (Phi) is 6.13. The minimum atomic E-state index is -0.0357. The minimum absolute atomic E-state index is 0.0357. The number of carbonyl (C=O) groups excluding carboxylic acids is 1. The molecule has 2 aromatic heterocycles. The smallest absolute Gasteiger partial charge is 0.233 e. The van der Waals surface area contributed by atoms with E-state index in [9.17, 15) is 4.79 Å². The number of thiazole rings is 1. The van der Waals surface area contributed by atoms with E-state index in [1.165, 1.54) is 11.3 Å². The number of carbonyl (C=O) groups is 1. The number of fused-ring (bicyclic) bond motifs is 1. The van der Waals surface area contributed by atoms with Crippen LogP contribution in [0.25, 0.3) is 10.2 Å². The molecule has 0 aliphatic carbocycles. The molecule has 0 aliphatic rings. The fraction of sp³-hybridized carbons (Fsp3) is 0.208. The predicted molar refractivity (Wildman–Crippen MR) is 123 cm³/mol. The van der Waals surface area contributed by atoms with E-state index < -0.39 is 0 Å². The third kappa shape index (κ3) is 4.51. The van der Waals surface area contributed by atoms with E-state index in [1.54, 1.807) is 31.5 Å². The van der Waals surface area contributed by atoms with Gasteiger partial charge in [0.05, 0.1) is 31.9 Å². The molecule has 0 fully saturated rings. The summed E-state index contributed by atoms with van der Waals surface area (Å²) in [6.07, 6.45) is 3.75. The Hall–Kier alpha value is -3.45. The first-order chi connectivity index (χ1) is 15.1. The summed E-state index contributed by atoms with van der Waals surface area (Å²) < 4.78 is 11.8. The summed E-state index contributed by atoms with van der Waals surface area (Å²) in [5, 5.41) is 0.638. The van der Waals surface area contributed by atoms with Crippen LogP contribution in [0.3, 0.4) is 0 Å². The van der Waals surface area contributed by atoms with Crippen LogP contribution in [0.1, 0.15) is 16.7 Å². The van der Waals surface area contributed by atoms with E-state index in [0.717, 1.165) is 32.7 Å². The molecule has 0 aliphatic heterocycles. The van der Waals surface area contributed by atoms with Gasteiger partial charge in [-0.15, -0.1) is 0 Å². The molecule has 31 heavy (non-hydrogen) atoms. The lowest BCUT2D eigenvalue weighted by molar-refractivity contribution is -0.118. The highest BCUT2D eigenvalue weighted by Crippen LogP contribution is 2.35. The number of para-hydroxylation sites is 1. The molecule has 0 atom stereocenters. The van der Waals surface area contributed by atoms with Gasteiger partial charge in [0.15, 0.2) is 5.13 Å². The first-order valence-electron chi connectivity index (χ1n) is 9.85. The molecular formula is C24H23N3O3S. The zero-order valence-corrected chi connectivity index (χ0v) is 18.5. The molecule has 0 N–H and O–H groups in total. The van der Waals surface area contributed by atoms with Crippen molar-refractivity contribution in [2.24, 2.45) is 0 Å². The molecule has 2 aromatic carbocycles. The lowest BCUT2D eigenvalue weighted by atomic mass is 10.1. The summed E-state index contributed by atoms with van der Waals surface area (Å²) in [7, 11) is 3.27. The van der Waals surface area contributed by atoms with E-state index in [4.69, 9.17) is 14.5 Å². The van der Waals surface area contributed by atoms with Crippen LogP contribution in [0.2, 0.25) is 0 Å². The lowest BCUT2D eigenvalue weighted by Crippen LogP contribution is -2.31. The third-order valence-electron chi connectivity index (χ3n) is 5.00. The van der Waals surface area contributed by atoms with Crippen molar-refractivity contribution in [3.8, 4) is 11.5 Å². The molecule has 2 heterocycles. The summed E-state index contributed by atoms with van der Waals surface area (Å²) in [5.74, 6) is 1.47. The van der Waals surface area contributed by atoms with Crippen molar-refractivity contribution >= 4 is 32.6 Å². The number of aryl methyl sites for hydroxylation is 1. The SMILES string of the molecule is COc1ccc(CC(=O)N(Cc2cccnc2)c2nc3c(OC)cccc3s2)cc1C. The summed E-state index contributed by atoms with van der Waals surface area (Å²) in [6, 6.07) is 15.4. The van der Waals surface area contributed by atoms with Gasteiger partial charge in [-0.3, -0.25) is 14.7 Å². The molecule has 0 spiro atoms. The fourth-order valence-corrected chi connectivity index (χ4v) is 4.45. The Morgan fingerprint density at radius 2 is 1.87 bits per heavy atom. The second-order valence-corrected chi connectivity index (χ2v) is 8.13. The van der Waals surface area contributed by atoms with Crippen LogP contribution in [0.4, 0.5) is 5.13 Å². The molecular weight excluding hydrogens is 410 g/mol. The monoisotopic (exact) mass is 433 g/mol. The highest BCUT2D eigenvalue weighted by atomic mass is 32.1. The van der Waals surface area contributed by atoms with Gasteiger partial charge in [0.1, 0.15) is 17.0 Å². The van der Waals surface area contributed by atoms with E-state index in [1.807, 2.05) is 55.5 Å². The van der Waals surface area contributed by atoms with Gasteiger partial charge in [-0.2, -0.15) is 0 Å². The number of nitrogens with zero attached hydrogens (tertiary/aromatic N) is 3. The van der Waals surface area contributed by atoms with Crippen molar-refractivity contribution in [1.29, 1.82) is 0 Å². The Labute approximate surface area is 185 Å². The number of hydrogen-bond acceptors (Lipinski definition) is 6. The molecule has 6 nitrogen and oxygen atoms in total. The molecule has 4 rings (SSSR count). The summed E-state index contributed by atoms with van der Waals surface area (Å²) in [4.78, 5) is 24.1. The van der Waals surface area contributed by atoms with Crippen LogP contribution in [-0.2, 0) is 17.8 Å². The number of benzene rings is 2. The van der Waals surface area contributed by atoms with Crippen molar-refractivity contribution in [3.63, 3.8) is 0 Å². The number of pyridine rings is 1. The van der Waals surface area contributed by atoms with E-state index in [2.05, 4.69) is 4.98 Å². The van der Waals surface area contributed by atoms with Crippen molar-refractivity contribution in [2.45, 2.75) is 19.9 Å². The molecule has 4 aromatic rings. The Bertz CT molecular complexity index is 1210. The molecule has 158 valence electrons. The second kappa shape index (κ2) is 9.14. The third-order valence-corrected chi connectivity index (χ3v) is 6.04. The number of hydrogen-bond donors (Lipinski definition) is 0. The molecule has 0 bridgehead atoms. The number of amides is 1. The Morgan fingerprint density at radius 3 is 2.58 bits per heavy atom. The number of methoxy groups -OCH3 is 2. The lowest BCUT2D eigenvalue weighted by Gasteiger charge is -2.20. The first-order valence-corrected chi connectivity index (χ1v) is 10.7. The average molecular weight is 434 g/mol. The van der Waals surface area contributed by atoms with E-state index in [-0.39, 0.29) is 12.3 Å². The number of rotatable bonds is 7. The fourth-order valence-electron chi connectivity index (χ4n) is 3.45. The summed E-state index contributed by atoms with van der Waals surface area (Å²) in [6.45, 7) is 2.37. The van der Waals surface area contributed by atoms with Crippen molar-refractivity contribution in [3.05, 3.63) is 77.6 Å². The van der Waals surface area contributed by atoms with E-state index in [0.29, 0.717) is 17.4 Å². The van der Waals surface area contributed by atoms with Gasteiger partial charge < -0.3 is 9.47 Å². The molecule has 0 radical (unpaired) electrons. The number of aromatic nitrogens is 2. The van der Waals surface area contributed by atoms with Gasteiger partial charge in [0.25, 0.3) is 0 Å². The topological polar surface area (TPSA) is 64.5 Å². The molecule has 0 saturated heterocycles. The van der Waals surface area contributed by atoms with Crippen molar-refractivity contribution in [2.75, 3.05) is 19.1 Å². The van der Waals surface area contributed by atoms with Gasteiger partial charge in [0.2, 0.25) is 5.91 Å². The standard InChI is InChI=1S/C24H23N3O3S/c1-16-12-17(9-10-19(16)29-2)13-22(28)27(15-18-6-5-11-25-14-18)24-26-23-20(30-3)7-4-8-21(23)31-24/h4-12,14H,13,15H2,1-3H3. The van der Waals surface area contributed by atoms with Gasteiger partial charge in [-0.1, -0.05) is 35.6 Å².